The number of nitrogens with two attached hydrogens (primary N) is 1. The number of imidazole rings is 1. The molecule has 1 aromatic carbocycles. The van der Waals surface area contributed by atoms with Gasteiger partial charge >= 0.3 is 6.01 Å². The van der Waals surface area contributed by atoms with Crippen molar-refractivity contribution in [2.75, 3.05) is 33.2 Å². The van der Waals surface area contributed by atoms with Crippen LogP contribution in [0.2, 0.25) is 5.02 Å². The quantitative estimate of drug-likeness (QED) is 0.403. The fourth-order valence-corrected chi connectivity index (χ4v) is 3.13. The van der Waals surface area contributed by atoms with Crippen LogP contribution in [0.25, 0.3) is 11.2 Å². The summed E-state index contributed by atoms with van der Waals surface area (Å²) in [5.41, 5.74) is 7.89. The first-order valence-electron chi connectivity index (χ1n) is 7.67. The third-order valence-electron chi connectivity index (χ3n) is 3.60. The molecule has 10 heteroatoms. The molecule has 0 saturated heterocycles. The van der Waals surface area contributed by atoms with E-state index in [-0.39, 0.29) is 11.8 Å². The van der Waals surface area contributed by atoms with E-state index in [1.54, 1.807) is 11.7 Å². The Labute approximate surface area is 168 Å². The normalized spacial score (nSPS) is 11.1. The summed E-state index contributed by atoms with van der Waals surface area (Å²) in [7, 11) is 3.13. The van der Waals surface area contributed by atoms with E-state index in [0.717, 1.165) is 9.13 Å². The summed E-state index contributed by atoms with van der Waals surface area (Å²) in [5, 5.41) is 0.646. The lowest BCUT2D eigenvalue weighted by Crippen LogP contribution is -2.09. The Morgan fingerprint density at radius 1 is 1.19 bits per heavy atom. The van der Waals surface area contributed by atoms with Crippen LogP contribution in [0.5, 0.6) is 12.0 Å². The van der Waals surface area contributed by atoms with Gasteiger partial charge in [0.1, 0.15) is 6.61 Å². The van der Waals surface area contributed by atoms with Gasteiger partial charge in [-0.3, -0.25) is 4.57 Å². The zero-order valence-electron chi connectivity index (χ0n) is 14.2. The molecule has 26 heavy (non-hydrogen) atoms. The molecule has 2 N–H and O–H groups in total. The molecule has 0 fully saturated rings. The topological polar surface area (TPSA) is 97.3 Å². The molecule has 0 bridgehead atoms. The lowest BCUT2D eigenvalue weighted by molar-refractivity contribution is 0.141. The van der Waals surface area contributed by atoms with Crippen LogP contribution in [0.4, 0.5) is 5.82 Å². The summed E-state index contributed by atoms with van der Waals surface area (Å²) in [6.45, 7) is 1.15. The fourth-order valence-electron chi connectivity index (χ4n) is 2.40. The summed E-state index contributed by atoms with van der Waals surface area (Å²) >= 11 is 8.57. The highest BCUT2D eigenvalue weighted by molar-refractivity contribution is 14.1. The summed E-state index contributed by atoms with van der Waals surface area (Å²) < 4.78 is 18.7. The number of aromatic nitrogens is 4. The SMILES string of the molecule is COCCOc1nc(N)c2nc(OC)n(Cc3cc(I)ccc3Cl)c2n1. The van der Waals surface area contributed by atoms with E-state index >= 15 is 0 Å². The number of fused-ring (bicyclic) bond motifs is 1. The van der Waals surface area contributed by atoms with Crippen LogP contribution in [-0.2, 0) is 11.3 Å². The molecule has 3 rings (SSSR count). The van der Waals surface area contributed by atoms with E-state index in [1.807, 2.05) is 18.2 Å². The largest absolute Gasteiger partial charge is 0.468 e. The van der Waals surface area contributed by atoms with Crippen molar-refractivity contribution >= 4 is 51.2 Å². The van der Waals surface area contributed by atoms with Crippen LogP contribution in [-0.4, -0.2) is 47.0 Å². The van der Waals surface area contributed by atoms with Crippen LogP contribution in [0.3, 0.4) is 0 Å². The van der Waals surface area contributed by atoms with Gasteiger partial charge < -0.3 is 19.9 Å². The molecule has 0 amide bonds. The van der Waals surface area contributed by atoms with Gasteiger partial charge in [0.15, 0.2) is 17.0 Å². The Hall–Kier alpha value is -1.85. The molecule has 0 aliphatic heterocycles. The maximum Gasteiger partial charge on any atom is 0.320 e. The van der Waals surface area contributed by atoms with Crippen molar-refractivity contribution in [1.82, 2.24) is 19.5 Å². The predicted molar refractivity (Wildman–Crippen MR) is 107 cm³/mol. The van der Waals surface area contributed by atoms with Crippen molar-refractivity contribution in [3.05, 3.63) is 32.4 Å². The Bertz CT molecular complexity index is 934. The van der Waals surface area contributed by atoms with E-state index in [1.165, 1.54) is 7.11 Å². The molecule has 0 aliphatic rings. The Balaban J connectivity index is 2.05. The molecule has 3 aromatic rings. The molecule has 0 spiro atoms. The highest BCUT2D eigenvalue weighted by atomic mass is 127. The van der Waals surface area contributed by atoms with Crippen LogP contribution in [0.15, 0.2) is 18.2 Å². The van der Waals surface area contributed by atoms with Crippen molar-refractivity contribution in [2.45, 2.75) is 6.54 Å². The average Bonchev–Trinajstić information content (AvgIpc) is 2.97. The second-order valence-corrected chi connectivity index (χ2v) is 6.98. The van der Waals surface area contributed by atoms with Crippen molar-refractivity contribution in [3.8, 4) is 12.0 Å². The molecule has 2 aromatic heterocycles. The minimum absolute atomic E-state index is 0.157. The number of nitrogens with zero attached hydrogens (tertiary/aromatic N) is 4. The molecule has 0 saturated carbocycles. The highest BCUT2D eigenvalue weighted by Crippen LogP contribution is 2.28. The predicted octanol–water partition coefficient (Wildman–Crippen LogP) is 2.75. The standard InChI is InChI=1S/C16H17ClIN5O3/c1-24-5-6-26-15-21-13(19)12-14(22-15)23(16(20-12)25-2)8-9-7-10(18)3-4-11(9)17/h3-4,7H,5-6,8H2,1-2H3,(H2,19,21,22). The van der Waals surface area contributed by atoms with Crippen LogP contribution >= 0.6 is 34.2 Å². The second-order valence-electron chi connectivity index (χ2n) is 5.33. The molecule has 138 valence electrons. The van der Waals surface area contributed by atoms with Gasteiger partial charge in [-0.1, -0.05) is 11.6 Å². The maximum absolute atomic E-state index is 6.33. The first-order valence-corrected chi connectivity index (χ1v) is 9.12. The summed E-state index contributed by atoms with van der Waals surface area (Å²) in [6.07, 6.45) is 0. The lowest BCUT2D eigenvalue weighted by atomic mass is 10.2. The summed E-state index contributed by atoms with van der Waals surface area (Å²) in [5.74, 6) is 0.216. The van der Waals surface area contributed by atoms with Gasteiger partial charge in [0.05, 0.1) is 20.3 Å². The number of methoxy groups -OCH3 is 2. The number of halogens is 2. The number of hydrogen-bond donors (Lipinski definition) is 1. The smallest absolute Gasteiger partial charge is 0.320 e. The van der Waals surface area contributed by atoms with Crippen molar-refractivity contribution in [1.29, 1.82) is 0 Å². The number of anilines is 1. The minimum Gasteiger partial charge on any atom is -0.468 e. The van der Waals surface area contributed by atoms with Gasteiger partial charge in [-0.15, -0.1) is 0 Å². The van der Waals surface area contributed by atoms with Crippen molar-refractivity contribution in [3.63, 3.8) is 0 Å². The first-order chi connectivity index (χ1) is 12.5. The molecule has 0 atom stereocenters. The van der Waals surface area contributed by atoms with Crippen molar-refractivity contribution in [2.24, 2.45) is 0 Å². The van der Waals surface area contributed by atoms with Gasteiger partial charge in [-0.2, -0.15) is 15.0 Å². The number of nitrogen functional groups attached to an aromatic ring is 1. The number of hydrogen-bond acceptors (Lipinski definition) is 7. The average molecular weight is 490 g/mol. The monoisotopic (exact) mass is 489 g/mol. The van der Waals surface area contributed by atoms with Crippen LogP contribution < -0.4 is 15.2 Å². The number of benzene rings is 1. The molecule has 0 radical (unpaired) electrons. The molecule has 2 heterocycles. The first kappa shape index (κ1) is 18.9. The van der Waals surface area contributed by atoms with Crippen molar-refractivity contribution < 1.29 is 14.2 Å². The minimum atomic E-state index is 0.157. The van der Waals surface area contributed by atoms with E-state index < -0.39 is 0 Å². The van der Waals surface area contributed by atoms with Gasteiger partial charge in [0.2, 0.25) is 0 Å². The van der Waals surface area contributed by atoms with E-state index in [4.69, 9.17) is 31.5 Å². The Morgan fingerprint density at radius 3 is 2.73 bits per heavy atom. The van der Waals surface area contributed by atoms with Crippen LogP contribution in [0, 0.1) is 3.57 Å². The zero-order chi connectivity index (χ0) is 18.7. The second kappa shape index (κ2) is 8.23. The molecular formula is C16H17ClIN5O3. The number of ether oxygens (including phenoxy) is 3. The van der Waals surface area contributed by atoms with Gasteiger partial charge in [-0.05, 0) is 46.4 Å². The van der Waals surface area contributed by atoms with E-state index in [9.17, 15) is 0 Å². The van der Waals surface area contributed by atoms with Crippen LogP contribution in [0.1, 0.15) is 5.56 Å². The number of rotatable bonds is 7. The van der Waals surface area contributed by atoms with Gasteiger partial charge in [0, 0.05) is 15.7 Å². The lowest BCUT2D eigenvalue weighted by Gasteiger charge is -2.10. The Morgan fingerprint density at radius 2 is 2.00 bits per heavy atom. The Kier molecular flexibility index (Phi) is 5.99. The van der Waals surface area contributed by atoms with E-state index in [0.29, 0.717) is 42.0 Å². The summed E-state index contributed by atoms with van der Waals surface area (Å²) in [6, 6.07) is 6.31. The third kappa shape index (κ3) is 3.94. The molecule has 0 aliphatic carbocycles. The fraction of sp³-hybridized carbons (Fsp3) is 0.312. The molecule has 8 nitrogen and oxygen atoms in total. The molecule has 0 unspecified atom stereocenters. The van der Waals surface area contributed by atoms with E-state index in [2.05, 4.69) is 37.5 Å². The highest BCUT2D eigenvalue weighted by Gasteiger charge is 2.19. The third-order valence-corrected chi connectivity index (χ3v) is 4.64. The van der Waals surface area contributed by atoms with Gasteiger partial charge in [-0.25, -0.2) is 0 Å². The van der Waals surface area contributed by atoms with Gasteiger partial charge in [0.25, 0.3) is 6.01 Å². The summed E-state index contributed by atoms with van der Waals surface area (Å²) in [4.78, 5) is 12.9. The zero-order valence-corrected chi connectivity index (χ0v) is 17.1. The maximum atomic E-state index is 6.33. The molecular weight excluding hydrogens is 473 g/mol.